The van der Waals surface area contributed by atoms with Crippen LogP contribution >= 0.6 is 27.3 Å². The number of thiophene rings is 1. The van der Waals surface area contributed by atoms with Crippen LogP contribution in [-0.4, -0.2) is 10.1 Å². The fourth-order valence-corrected chi connectivity index (χ4v) is 2.74. The molecule has 2 heterocycles. The third-order valence-electron chi connectivity index (χ3n) is 1.94. The third-order valence-corrected chi connectivity index (χ3v) is 3.69. The van der Waals surface area contributed by atoms with E-state index in [4.69, 9.17) is 0 Å². The van der Waals surface area contributed by atoms with E-state index in [0.29, 0.717) is 0 Å². The smallest absolute Gasteiger partial charge is 0.107 e. The lowest BCUT2D eigenvalue weighted by Gasteiger charge is -2.08. The second-order valence-electron chi connectivity index (χ2n) is 2.86. The summed E-state index contributed by atoms with van der Waals surface area (Å²) in [5, 5.41) is 13.9. The molecule has 0 aliphatic rings. The molecule has 0 radical (unpaired) electrons. The zero-order valence-electron chi connectivity index (χ0n) is 7.22. The maximum Gasteiger partial charge on any atom is 0.107 e. The van der Waals surface area contributed by atoms with Crippen LogP contribution in [-0.2, 0) is 0 Å². The predicted octanol–water partition coefficient (Wildman–Crippen LogP) is 2.99. The highest BCUT2D eigenvalue weighted by atomic mass is 79.9. The first-order valence-corrected chi connectivity index (χ1v) is 5.82. The van der Waals surface area contributed by atoms with E-state index >= 15 is 0 Å². The summed E-state index contributed by atoms with van der Waals surface area (Å²) in [5.41, 5.74) is 1.70. The molecule has 4 heteroatoms. The second kappa shape index (κ2) is 4.21. The van der Waals surface area contributed by atoms with E-state index in [0.717, 1.165) is 15.6 Å². The van der Waals surface area contributed by atoms with Gasteiger partial charge in [-0.1, -0.05) is 6.07 Å². The predicted molar refractivity (Wildman–Crippen MR) is 60.3 cm³/mol. The van der Waals surface area contributed by atoms with Crippen molar-refractivity contribution in [3.8, 4) is 0 Å². The summed E-state index contributed by atoms with van der Waals surface area (Å²) in [6.45, 7) is 0. The van der Waals surface area contributed by atoms with Crippen molar-refractivity contribution in [3.63, 3.8) is 0 Å². The first kappa shape index (κ1) is 9.83. The van der Waals surface area contributed by atoms with Crippen molar-refractivity contribution in [2.75, 3.05) is 0 Å². The standard InChI is InChI=1S/C10H8BrNOS/c11-9-6-14-5-8(9)10(13)7-2-1-3-12-4-7/h1-6,10,13H. The van der Waals surface area contributed by atoms with Gasteiger partial charge in [-0.25, -0.2) is 0 Å². The number of halogens is 1. The average molecular weight is 270 g/mol. The molecular formula is C10H8BrNOS. The maximum absolute atomic E-state index is 10.00. The van der Waals surface area contributed by atoms with Crippen LogP contribution in [0.25, 0.3) is 0 Å². The highest BCUT2D eigenvalue weighted by molar-refractivity contribution is 9.10. The molecule has 0 aliphatic heterocycles. The third kappa shape index (κ3) is 1.87. The Morgan fingerprint density at radius 2 is 2.29 bits per heavy atom. The Labute approximate surface area is 94.4 Å². The van der Waals surface area contributed by atoms with Crippen LogP contribution < -0.4 is 0 Å². The fraction of sp³-hybridized carbons (Fsp3) is 0.100. The van der Waals surface area contributed by atoms with Crippen molar-refractivity contribution in [2.24, 2.45) is 0 Å². The van der Waals surface area contributed by atoms with Crippen LogP contribution in [0.5, 0.6) is 0 Å². The quantitative estimate of drug-likeness (QED) is 0.910. The van der Waals surface area contributed by atoms with Gasteiger partial charge in [0.1, 0.15) is 6.10 Å². The van der Waals surface area contributed by atoms with E-state index in [-0.39, 0.29) is 0 Å². The molecule has 2 aromatic rings. The molecule has 0 spiro atoms. The molecule has 1 N–H and O–H groups in total. The van der Waals surface area contributed by atoms with Crippen molar-refractivity contribution in [2.45, 2.75) is 6.10 Å². The number of aliphatic hydroxyl groups is 1. The normalized spacial score (nSPS) is 12.7. The van der Waals surface area contributed by atoms with Crippen molar-refractivity contribution in [1.82, 2.24) is 4.98 Å². The largest absolute Gasteiger partial charge is 0.384 e. The Morgan fingerprint density at radius 1 is 1.43 bits per heavy atom. The molecule has 72 valence electrons. The molecule has 2 aromatic heterocycles. The molecular weight excluding hydrogens is 262 g/mol. The SMILES string of the molecule is OC(c1cccnc1)c1cscc1Br. The molecule has 0 saturated heterocycles. The summed E-state index contributed by atoms with van der Waals surface area (Å²) < 4.78 is 0.943. The topological polar surface area (TPSA) is 33.1 Å². The van der Waals surface area contributed by atoms with Gasteiger partial charge in [0.2, 0.25) is 0 Å². The van der Waals surface area contributed by atoms with Crippen LogP contribution in [0.3, 0.4) is 0 Å². The number of aromatic nitrogens is 1. The van der Waals surface area contributed by atoms with E-state index in [9.17, 15) is 5.11 Å². The summed E-state index contributed by atoms with van der Waals surface area (Å²) in [4.78, 5) is 3.97. The maximum atomic E-state index is 10.00. The Bertz CT molecular complexity index is 415. The number of hydrogen-bond acceptors (Lipinski definition) is 3. The number of nitrogens with zero attached hydrogens (tertiary/aromatic N) is 1. The van der Waals surface area contributed by atoms with Gasteiger partial charge < -0.3 is 5.11 Å². The van der Waals surface area contributed by atoms with Crippen LogP contribution in [0.15, 0.2) is 39.8 Å². The minimum Gasteiger partial charge on any atom is -0.384 e. The van der Waals surface area contributed by atoms with Gasteiger partial charge in [0.15, 0.2) is 0 Å². The van der Waals surface area contributed by atoms with E-state index in [1.807, 2.05) is 22.9 Å². The molecule has 0 aliphatic carbocycles. The monoisotopic (exact) mass is 269 g/mol. The van der Waals surface area contributed by atoms with Gasteiger partial charge in [-0.3, -0.25) is 4.98 Å². The minimum atomic E-state index is -0.593. The first-order valence-electron chi connectivity index (χ1n) is 4.08. The summed E-state index contributed by atoms with van der Waals surface area (Å²) >= 11 is 4.96. The molecule has 0 saturated carbocycles. The lowest BCUT2D eigenvalue weighted by atomic mass is 10.1. The highest BCUT2D eigenvalue weighted by Crippen LogP contribution is 2.30. The Morgan fingerprint density at radius 3 is 2.86 bits per heavy atom. The summed E-state index contributed by atoms with van der Waals surface area (Å²) in [6, 6.07) is 3.68. The van der Waals surface area contributed by atoms with Gasteiger partial charge in [-0.15, -0.1) is 0 Å². The van der Waals surface area contributed by atoms with Gasteiger partial charge >= 0.3 is 0 Å². The van der Waals surface area contributed by atoms with E-state index in [1.165, 1.54) is 0 Å². The molecule has 0 amide bonds. The molecule has 2 nitrogen and oxygen atoms in total. The zero-order valence-corrected chi connectivity index (χ0v) is 9.62. The van der Waals surface area contributed by atoms with Gasteiger partial charge in [0.05, 0.1) is 0 Å². The molecule has 14 heavy (non-hydrogen) atoms. The summed E-state index contributed by atoms with van der Waals surface area (Å²) in [6.07, 6.45) is 2.78. The highest BCUT2D eigenvalue weighted by Gasteiger charge is 2.13. The number of rotatable bonds is 2. The second-order valence-corrected chi connectivity index (χ2v) is 4.46. The van der Waals surface area contributed by atoms with Gasteiger partial charge in [-0.05, 0) is 27.4 Å². The van der Waals surface area contributed by atoms with Crippen molar-refractivity contribution in [3.05, 3.63) is 50.9 Å². The van der Waals surface area contributed by atoms with Crippen LogP contribution in [0.2, 0.25) is 0 Å². The molecule has 0 bridgehead atoms. The summed E-state index contributed by atoms with van der Waals surface area (Å²) in [7, 11) is 0. The van der Waals surface area contributed by atoms with Crippen molar-refractivity contribution >= 4 is 27.3 Å². The fourth-order valence-electron chi connectivity index (χ4n) is 1.20. The van der Waals surface area contributed by atoms with Gasteiger partial charge in [0.25, 0.3) is 0 Å². The molecule has 0 fully saturated rings. The molecule has 1 unspecified atom stereocenters. The molecule has 0 aromatic carbocycles. The first-order chi connectivity index (χ1) is 6.79. The lowest BCUT2D eigenvalue weighted by molar-refractivity contribution is 0.219. The van der Waals surface area contributed by atoms with Gasteiger partial charge in [-0.2, -0.15) is 11.3 Å². The van der Waals surface area contributed by atoms with Crippen LogP contribution in [0.1, 0.15) is 17.2 Å². The Kier molecular flexibility index (Phi) is 2.96. The number of hydrogen-bond donors (Lipinski definition) is 1. The molecule has 2 rings (SSSR count). The Balaban J connectivity index is 2.34. The molecule has 1 atom stereocenters. The van der Waals surface area contributed by atoms with Crippen LogP contribution in [0.4, 0.5) is 0 Å². The minimum absolute atomic E-state index is 0.593. The van der Waals surface area contributed by atoms with E-state index in [1.54, 1.807) is 23.7 Å². The number of aliphatic hydroxyl groups excluding tert-OH is 1. The van der Waals surface area contributed by atoms with Crippen LogP contribution in [0, 0.1) is 0 Å². The zero-order chi connectivity index (χ0) is 9.97. The lowest BCUT2D eigenvalue weighted by Crippen LogP contribution is -1.98. The summed E-state index contributed by atoms with van der Waals surface area (Å²) in [5.74, 6) is 0. The van der Waals surface area contributed by atoms with Crippen molar-refractivity contribution in [1.29, 1.82) is 0 Å². The average Bonchev–Trinajstić information content (AvgIpc) is 2.65. The van der Waals surface area contributed by atoms with E-state index in [2.05, 4.69) is 20.9 Å². The van der Waals surface area contributed by atoms with Crippen molar-refractivity contribution < 1.29 is 5.11 Å². The van der Waals surface area contributed by atoms with E-state index < -0.39 is 6.10 Å². The Hall–Kier alpha value is -0.710. The van der Waals surface area contributed by atoms with Gasteiger partial charge in [0, 0.05) is 33.4 Å². The number of pyridine rings is 1.